The topological polar surface area (TPSA) is 114 Å². The predicted octanol–water partition coefficient (Wildman–Crippen LogP) is 2.48. The molecular weight excluding hydrogens is 280 g/mol. The number of nitrogens with one attached hydrogen (secondary N) is 1. The highest BCUT2D eigenvalue weighted by atomic mass is 16.7. The van der Waals surface area contributed by atoms with Gasteiger partial charge in [-0.1, -0.05) is 20.3 Å². The van der Waals surface area contributed by atoms with Gasteiger partial charge in [0.05, 0.1) is 30.2 Å². The fourth-order valence-electron chi connectivity index (χ4n) is 4.51. The van der Waals surface area contributed by atoms with Gasteiger partial charge in [-0.05, 0) is 18.8 Å². The maximum atomic E-state index is 9.89. The van der Waals surface area contributed by atoms with Gasteiger partial charge >= 0.3 is 0 Å². The van der Waals surface area contributed by atoms with Gasteiger partial charge in [-0.2, -0.15) is 15.8 Å². The molecule has 3 aliphatic heterocycles. The van der Waals surface area contributed by atoms with Crippen LogP contribution >= 0.6 is 0 Å². The standard InChI is InChI=1S/C16H18N4O2/c1-10(2)12-15(9-19)13(20)22-16(21-12)6-4-3-5-11(16)14(15,7-17)8-18/h10-12,20H,3-6H2,1-2H3/t11-,12+,15-,16+/m1/s1. The van der Waals surface area contributed by atoms with Gasteiger partial charge < -0.3 is 9.47 Å². The molecule has 1 aliphatic carbocycles. The van der Waals surface area contributed by atoms with E-state index in [1.807, 2.05) is 13.8 Å². The van der Waals surface area contributed by atoms with Gasteiger partial charge in [-0.3, -0.25) is 5.41 Å². The SMILES string of the molecule is CC(C)[C@@H]1O[C@]23CCCC[C@@H]2C(C#N)(C#N)[C@@]1(C#N)C(=N)O3. The van der Waals surface area contributed by atoms with Gasteiger partial charge in [0.15, 0.2) is 10.8 Å². The molecule has 22 heavy (non-hydrogen) atoms. The third-order valence-corrected chi connectivity index (χ3v) is 5.46. The van der Waals surface area contributed by atoms with Gasteiger partial charge in [0.2, 0.25) is 11.7 Å². The van der Waals surface area contributed by atoms with E-state index in [-0.39, 0.29) is 11.8 Å². The normalized spacial score (nSPS) is 41.7. The Morgan fingerprint density at radius 2 is 1.86 bits per heavy atom. The molecule has 4 atom stereocenters. The lowest BCUT2D eigenvalue weighted by Crippen LogP contribution is -2.76. The van der Waals surface area contributed by atoms with E-state index in [9.17, 15) is 15.8 Å². The molecule has 1 spiro atoms. The fourth-order valence-corrected chi connectivity index (χ4v) is 4.51. The Bertz CT molecular complexity index is 639. The second kappa shape index (κ2) is 4.45. The van der Waals surface area contributed by atoms with Gasteiger partial charge in [0, 0.05) is 6.42 Å². The van der Waals surface area contributed by atoms with Crippen molar-refractivity contribution in [3.05, 3.63) is 0 Å². The second-order valence-corrected chi connectivity index (χ2v) is 6.78. The summed E-state index contributed by atoms with van der Waals surface area (Å²) in [6, 6.07) is 6.32. The molecule has 1 saturated carbocycles. The molecule has 4 rings (SSSR count). The third kappa shape index (κ3) is 1.33. The van der Waals surface area contributed by atoms with E-state index in [0.717, 1.165) is 12.8 Å². The molecule has 0 amide bonds. The highest BCUT2D eigenvalue weighted by molar-refractivity contribution is 5.88. The number of nitriles is 3. The number of fused-ring (bicyclic) bond motifs is 2. The lowest BCUT2D eigenvalue weighted by atomic mass is 9.48. The molecule has 3 heterocycles. The lowest BCUT2D eigenvalue weighted by Gasteiger charge is -2.64. The average Bonchev–Trinajstić information content (AvgIpc) is 2.52. The summed E-state index contributed by atoms with van der Waals surface area (Å²) in [7, 11) is 0. The van der Waals surface area contributed by atoms with Crippen LogP contribution in [0, 0.1) is 62.1 Å². The molecule has 4 fully saturated rings. The van der Waals surface area contributed by atoms with Gasteiger partial charge in [-0.25, -0.2) is 0 Å². The summed E-state index contributed by atoms with van der Waals surface area (Å²) in [6.45, 7) is 3.76. The Morgan fingerprint density at radius 3 is 2.41 bits per heavy atom. The minimum Gasteiger partial charge on any atom is -0.447 e. The summed E-state index contributed by atoms with van der Waals surface area (Å²) < 4.78 is 11.9. The van der Waals surface area contributed by atoms with E-state index in [0.29, 0.717) is 12.8 Å². The zero-order valence-corrected chi connectivity index (χ0v) is 12.7. The van der Waals surface area contributed by atoms with Crippen molar-refractivity contribution in [3.8, 4) is 18.2 Å². The molecule has 6 heteroatoms. The van der Waals surface area contributed by atoms with Crippen molar-refractivity contribution in [1.29, 1.82) is 21.2 Å². The molecule has 114 valence electrons. The number of hydrogen-bond acceptors (Lipinski definition) is 6. The molecule has 1 N–H and O–H groups in total. The summed E-state index contributed by atoms with van der Waals surface area (Å²) in [5.74, 6) is -1.98. The van der Waals surface area contributed by atoms with Crippen molar-refractivity contribution in [2.45, 2.75) is 51.4 Å². The van der Waals surface area contributed by atoms with E-state index in [1.165, 1.54) is 0 Å². The Kier molecular flexibility index (Phi) is 3.00. The Labute approximate surface area is 129 Å². The molecule has 2 bridgehead atoms. The Balaban J connectivity index is 2.32. The van der Waals surface area contributed by atoms with Crippen molar-refractivity contribution < 1.29 is 9.47 Å². The zero-order valence-electron chi connectivity index (χ0n) is 12.7. The lowest BCUT2D eigenvalue weighted by molar-refractivity contribution is -0.364. The third-order valence-electron chi connectivity index (χ3n) is 5.46. The van der Waals surface area contributed by atoms with E-state index in [2.05, 4.69) is 18.2 Å². The number of rotatable bonds is 1. The summed E-state index contributed by atoms with van der Waals surface area (Å²) in [6.07, 6.45) is 2.19. The molecule has 6 nitrogen and oxygen atoms in total. The maximum absolute atomic E-state index is 9.89. The van der Waals surface area contributed by atoms with Crippen molar-refractivity contribution in [1.82, 2.24) is 0 Å². The minimum atomic E-state index is -1.66. The number of nitrogens with zero attached hydrogens (tertiary/aromatic N) is 3. The molecule has 0 unspecified atom stereocenters. The monoisotopic (exact) mass is 298 g/mol. The first-order valence-corrected chi connectivity index (χ1v) is 7.63. The number of hydrogen-bond donors (Lipinski definition) is 1. The van der Waals surface area contributed by atoms with Crippen LogP contribution in [0.25, 0.3) is 0 Å². The van der Waals surface area contributed by atoms with Crippen LogP contribution in [0.1, 0.15) is 39.5 Å². The summed E-state index contributed by atoms with van der Waals surface area (Å²) in [5, 5.41) is 38.0. The van der Waals surface area contributed by atoms with E-state index >= 15 is 0 Å². The predicted molar refractivity (Wildman–Crippen MR) is 74.9 cm³/mol. The van der Waals surface area contributed by atoms with Crippen LogP contribution in [0.2, 0.25) is 0 Å². The molecule has 0 aromatic heterocycles. The number of ether oxygens (including phenoxy) is 2. The van der Waals surface area contributed by atoms with Crippen molar-refractivity contribution in [3.63, 3.8) is 0 Å². The maximum Gasteiger partial charge on any atom is 0.217 e. The molecule has 0 radical (unpaired) electrons. The Hall–Kier alpha value is -2.10. The molecule has 3 saturated heterocycles. The van der Waals surface area contributed by atoms with Crippen LogP contribution < -0.4 is 0 Å². The fraction of sp³-hybridized carbons (Fsp3) is 0.750. The van der Waals surface area contributed by atoms with Crippen LogP contribution in [0.3, 0.4) is 0 Å². The van der Waals surface area contributed by atoms with E-state index in [1.54, 1.807) is 0 Å². The molecule has 0 aromatic rings. The summed E-state index contributed by atoms with van der Waals surface area (Å²) in [5.41, 5.74) is -3.25. The van der Waals surface area contributed by atoms with E-state index < -0.39 is 28.6 Å². The molecule has 0 aromatic carbocycles. The quantitative estimate of drug-likeness (QED) is 0.798. The second-order valence-electron chi connectivity index (χ2n) is 6.78. The highest BCUT2D eigenvalue weighted by Crippen LogP contribution is 2.66. The van der Waals surface area contributed by atoms with Crippen LogP contribution in [0.5, 0.6) is 0 Å². The van der Waals surface area contributed by atoms with Crippen LogP contribution in [-0.4, -0.2) is 17.8 Å². The summed E-state index contributed by atoms with van der Waals surface area (Å²) >= 11 is 0. The van der Waals surface area contributed by atoms with Crippen LogP contribution in [-0.2, 0) is 9.47 Å². The van der Waals surface area contributed by atoms with Gasteiger partial charge in [0.1, 0.15) is 0 Å². The first-order valence-electron chi connectivity index (χ1n) is 7.63. The smallest absolute Gasteiger partial charge is 0.217 e. The summed E-state index contributed by atoms with van der Waals surface area (Å²) in [4.78, 5) is 0. The first kappa shape index (κ1) is 14.8. The van der Waals surface area contributed by atoms with Crippen molar-refractivity contribution in [2.75, 3.05) is 0 Å². The Morgan fingerprint density at radius 1 is 1.18 bits per heavy atom. The average molecular weight is 298 g/mol. The zero-order chi connectivity index (χ0) is 16.2. The van der Waals surface area contributed by atoms with Gasteiger partial charge in [0.25, 0.3) is 0 Å². The molecule has 4 aliphatic rings. The molecular formula is C16H18N4O2. The van der Waals surface area contributed by atoms with Gasteiger partial charge in [-0.15, -0.1) is 0 Å². The van der Waals surface area contributed by atoms with Crippen LogP contribution in [0.4, 0.5) is 0 Å². The minimum absolute atomic E-state index is 0.107. The van der Waals surface area contributed by atoms with Crippen molar-refractivity contribution in [2.24, 2.45) is 22.7 Å². The highest BCUT2D eigenvalue weighted by Gasteiger charge is 2.80. The van der Waals surface area contributed by atoms with E-state index in [4.69, 9.17) is 14.9 Å². The largest absolute Gasteiger partial charge is 0.447 e. The van der Waals surface area contributed by atoms with Crippen molar-refractivity contribution >= 4 is 5.90 Å². The first-order chi connectivity index (χ1) is 10.4. The van der Waals surface area contributed by atoms with Crippen LogP contribution in [0.15, 0.2) is 0 Å².